The van der Waals surface area contributed by atoms with Gasteiger partial charge in [0.15, 0.2) is 0 Å². The molecule has 2 rings (SSSR count). The van der Waals surface area contributed by atoms with Crippen LogP contribution in [0, 0.1) is 20.8 Å². The number of sulfonamides is 1. The van der Waals surface area contributed by atoms with E-state index in [9.17, 15) is 8.42 Å². The number of nitrogens with two attached hydrogens (primary N) is 1. The van der Waals surface area contributed by atoms with Gasteiger partial charge in [-0.2, -0.15) is 4.31 Å². The first-order valence-electron chi connectivity index (χ1n) is 6.60. The second kappa shape index (κ2) is 5.79. The molecule has 6 heteroatoms. The maximum Gasteiger partial charge on any atom is 0.245 e. The molecular formula is C15H20N2O2S2. The van der Waals surface area contributed by atoms with E-state index >= 15 is 0 Å². The summed E-state index contributed by atoms with van der Waals surface area (Å²) < 4.78 is 27.0. The number of nitrogen functional groups attached to an aromatic ring is 1. The predicted octanol–water partition coefficient (Wildman–Crippen LogP) is 3.08. The number of hydrogen-bond donors (Lipinski definition) is 1. The number of nitrogens with zero attached hydrogens (tertiary/aromatic N) is 1. The summed E-state index contributed by atoms with van der Waals surface area (Å²) in [4.78, 5) is 1.27. The van der Waals surface area contributed by atoms with Crippen molar-refractivity contribution >= 4 is 27.0 Å². The molecule has 21 heavy (non-hydrogen) atoms. The number of aryl methyl sites for hydroxylation is 3. The van der Waals surface area contributed by atoms with E-state index in [0.717, 1.165) is 16.0 Å². The number of hydrogen-bond acceptors (Lipinski definition) is 4. The van der Waals surface area contributed by atoms with Crippen molar-refractivity contribution < 1.29 is 8.42 Å². The normalized spacial score (nSPS) is 12.0. The zero-order valence-electron chi connectivity index (χ0n) is 12.7. The quantitative estimate of drug-likeness (QED) is 0.879. The number of thiophene rings is 1. The summed E-state index contributed by atoms with van der Waals surface area (Å²) in [5.41, 5.74) is 8.90. The Morgan fingerprint density at radius 1 is 1.10 bits per heavy atom. The highest BCUT2D eigenvalue weighted by atomic mass is 32.2. The second-order valence-electron chi connectivity index (χ2n) is 5.23. The molecule has 1 heterocycles. The lowest BCUT2D eigenvalue weighted by molar-refractivity contribution is 0.469. The van der Waals surface area contributed by atoms with Gasteiger partial charge >= 0.3 is 0 Å². The summed E-state index contributed by atoms with van der Waals surface area (Å²) in [5, 5.41) is 1.97. The Morgan fingerprint density at radius 3 is 2.29 bits per heavy atom. The molecule has 1 aromatic carbocycles. The van der Waals surface area contributed by atoms with Crippen molar-refractivity contribution in [1.29, 1.82) is 0 Å². The van der Waals surface area contributed by atoms with Crippen molar-refractivity contribution in [1.82, 2.24) is 4.31 Å². The van der Waals surface area contributed by atoms with Crippen LogP contribution in [-0.2, 0) is 16.6 Å². The van der Waals surface area contributed by atoms with Crippen LogP contribution in [0.3, 0.4) is 0 Å². The fourth-order valence-electron chi connectivity index (χ4n) is 2.16. The van der Waals surface area contributed by atoms with Crippen LogP contribution in [0.4, 0.5) is 5.69 Å². The third kappa shape index (κ3) is 2.97. The Hall–Kier alpha value is -1.37. The van der Waals surface area contributed by atoms with Gasteiger partial charge in [-0.3, -0.25) is 0 Å². The second-order valence-corrected chi connectivity index (χ2v) is 8.21. The van der Waals surface area contributed by atoms with Crippen molar-refractivity contribution in [2.75, 3.05) is 12.8 Å². The molecule has 0 spiro atoms. The van der Waals surface area contributed by atoms with E-state index in [2.05, 4.69) is 0 Å². The Bertz CT molecular complexity index is 764. The molecule has 0 aliphatic carbocycles. The fourth-order valence-corrected chi connectivity index (χ4v) is 4.72. The Kier molecular flexibility index (Phi) is 4.41. The summed E-state index contributed by atoms with van der Waals surface area (Å²) in [6.07, 6.45) is 0. The molecule has 114 valence electrons. The van der Waals surface area contributed by atoms with Crippen LogP contribution in [-0.4, -0.2) is 19.8 Å². The van der Waals surface area contributed by atoms with Gasteiger partial charge < -0.3 is 5.73 Å². The largest absolute Gasteiger partial charge is 0.397 e. The van der Waals surface area contributed by atoms with Crippen LogP contribution in [0.15, 0.2) is 28.5 Å². The summed E-state index contributed by atoms with van der Waals surface area (Å²) >= 11 is 1.56. The molecule has 0 fully saturated rings. The molecule has 0 aliphatic rings. The van der Waals surface area contributed by atoms with Crippen LogP contribution in [0.2, 0.25) is 0 Å². The average molecular weight is 324 g/mol. The predicted molar refractivity (Wildman–Crippen MR) is 88.0 cm³/mol. The maximum atomic E-state index is 12.8. The summed E-state index contributed by atoms with van der Waals surface area (Å²) in [5.74, 6) is 0. The number of benzene rings is 1. The van der Waals surface area contributed by atoms with E-state index in [1.807, 2.05) is 31.4 Å². The molecule has 2 N–H and O–H groups in total. The summed E-state index contributed by atoms with van der Waals surface area (Å²) in [7, 11) is -2.01. The molecule has 0 amide bonds. The highest BCUT2D eigenvalue weighted by molar-refractivity contribution is 7.89. The van der Waals surface area contributed by atoms with E-state index < -0.39 is 10.0 Å². The van der Waals surface area contributed by atoms with E-state index in [4.69, 9.17) is 5.73 Å². The molecule has 4 nitrogen and oxygen atoms in total. The molecular weight excluding hydrogens is 304 g/mol. The van der Waals surface area contributed by atoms with Crippen molar-refractivity contribution in [2.24, 2.45) is 0 Å². The summed E-state index contributed by atoms with van der Waals surface area (Å²) in [6.45, 7) is 5.93. The van der Waals surface area contributed by atoms with Crippen LogP contribution in [0.5, 0.6) is 0 Å². The zero-order chi connectivity index (χ0) is 15.8. The van der Waals surface area contributed by atoms with Gasteiger partial charge in [-0.25, -0.2) is 8.42 Å². The first-order chi connectivity index (χ1) is 9.75. The topological polar surface area (TPSA) is 63.4 Å². The molecule has 0 bridgehead atoms. The molecule has 0 aliphatic heterocycles. The minimum absolute atomic E-state index is 0.221. The highest BCUT2D eigenvalue weighted by Gasteiger charge is 2.26. The lowest BCUT2D eigenvalue weighted by atomic mass is 10.1. The molecule has 0 saturated carbocycles. The minimum Gasteiger partial charge on any atom is -0.397 e. The summed E-state index contributed by atoms with van der Waals surface area (Å²) in [6, 6.07) is 5.63. The van der Waals surface area contributed by atoms with Gasteiger partial charge in [-0.05, 0) is 48.9 Å². The van der Waals surface area contributed by atoms with Gasteiger partial charge in [0.2, 0.25) is 10.0 Å². The first-order valence-corrected chi connectivity index (χ1v) is 8.92. The third-order valence-corrected chi connectivity index (χ3v) is 6.63. The Labute approximate surface area is 130 Å². The molecule has 1 aromatic heterocycles. The van der Waals surface area contributed by atoms with Gasteiger partial charge in [0.05, 0.1) is 5.69 Å². The standard InChI is InChI=1S/C15H20N2O2S2/c1-10-7-8-20-13(10)9-17(4)21(18,19)15-12(3)6-5-11(2)14(15)16/h5-8H,9,16H2,1-4H3. The van der Waals surface area contributed by atoms with Crippen LogP contribution in [0.25, 0.3) is 0 Å². The van der Waals surface area contributed by atoms with Gasteiger partial charge in [-0.15, -0.1) is 11.3 Å². The van der Waals surface area contributed by atoms with Crippen LogP contribution < -0.4 is 5.73 Å². The highest BCUT2D eigenvalue weighted by Crippen LogP contribution is 2.29. The van der Waals surface area contributed by atoms with Crippen molar-refractivity contribution in [3.63, 3.8) is 0 Å². The molecule has 2 aromatic rings. The van der Waals surface area contributed by atoms with Crippen molar-refractivity contribution in [3.05, 3.63) is 45.1 Å². The van der Waals surface area contributed by atoms with E-state index in [1.165, 1.54) is 4.31 Å². The van der Waals surface area contributed by atoms with Gasteiger partial charge in [0, 0.05) is 18.5 Å². The Morgan fingerprint density at radius 2 is 1.71 bits per heavy atom. The van der Waals surface area contributed by atoms with Crippen molar-refractivity contribution in [2.45, 2.75) is 32.2 Å². The van der Waals surface area contributed by atoms with E-state index in [0.29, 0.717) is 17.8 Å². The van der Waals surface area contributed by atoms with Crippen LogP contribution >= 0.6 is 11.3 Å². The van der Waals surface area contributed by atoms with Gasteiger partial charge in [-0.1, -0.05) is 12.1 Å². The molecule has 0 radical (unpaired) electrons. The fraction of sp³-hybridized carbons (Fsp3) is 0.333. The number of rotatable bonds is 4. The van der Waals surface area contributed by atoms with Crippen molar-refractivity contribution in [3.8, 4) is 0 Å². The smallest absolute Gasteiger partial charge is 0.245 e. The van der Waals surface area contributed by atoms with E-state index in [-0.39, 0.29) is 4.90 Å². The maximum absolute atomic E-state index is 12.8. The van der Waals surface area contributed by atoms with E-state index in [1.54, 1.807) is 31.4 Å². The molecule has 0 atom stereocenters. The molecule has 0 saturated heterocycles. The SMILES string of the molecule is Cc1ccsc1CN(C)S(=O)(=O)c1c(C)ccc(C)c1N. The zero-order valence-corrected chi connectivity index (χ0v) is 14.3. The third-order valence-electron chi connectivity index (χ3n) is 3.61. The Balaban J connectivity index is 2.43. The van der Waals surface area contributed by atoms with Gasteiger partial charge in [0.1, 0.15) is 4.90 Å². The van der Waals surface area contributed by atoms with Crippen LogP contribution in [0.1, 0.15) is 21.6 Å². The lowest BCUT2D eigenvalue weighted by Gasteiger charge is -2.20. The minimum atomic E-state index is -3.60. The van der Waals surface area contributed by atoms with Gasteiger partial charge in [0.25, 0.3) is 0 Å². The lowest BCUT2D eigenvalue weighted by Crippen LogP contribution is -2.28. The first kappa shape index (κ1) is 16.0. The monoisotopic (exact) mass is 324 g/mol. The number of anilines is 1. The molecule has 0 unspecified atom stereocenters. The average Bonchev–Trinajstić information content (AvgIpc) is 2.80.